The fourth-order valence-corrected chi connectivity index (χ4v) is 2.29. The van der Waals surface area contributed by atoms with Gasteiger partial charge in [0, 0.05) is 32.0 Å². The molecular formula is C17H23N3. The van der Waals surface area contributed by atoms with Crippen LogP contribution in [0.25, 0.3) is 0 Å². The third-order valence-corrected chi connectivity index (χ3v) is 3.33. The van der Waals surface area contributed by atoms with Gasteiger partial charge in [-0.25, -0.2) is 0 Å². The molecule has 0 amide bonds. The molecule has 1 aromatic heterocycles. The molecule has 0 bridgehead atoms. The maximum atomic E-state index is 4.06. The average molecular weight is 269 g/mol. The second kappa shape index (κ2) is 7.78. The lowest BCUT2D eigenvalue weighted by Gasteiger charge is -2.19. The van der Waals surface area contributed by atoms with Gasteiger partial charge in [-0.2, -0.15) is 0 Å². The van der Waals surface area contributed by atoms with Gasteiger partial charge in [-0.15, -0.1) is 0 Å². The zero-order valence-corrected chi connectivity index (χ0v) is 12.3. The van der Waals surface area contributed by atoms with E-state index in [9.17, 15) is 0 Å². The molecule has 1 heterocycles. The number of nitrogens with one attached hydrogen (secondary N) is 1. The first-order valence-electron chi connectivity index (χ1n) is 7.14. The van der Waals surface area contributed by atoms with Gasteiger partial charge >= 0.3 is 0 Å². The highest BCUT2D eigenvalue weighted by molar-refractivity contribution is 5.27. The van der Waals surface area contributed by atoms with Gasteiger partial charge in [-0.3, -0.25) is 9.88 Å². The van der Waals surface area contributed by atoms with Crippen molar-refractivity contribution in [1.29, 1.82) is 0 Å². The number of rotatable bonds is 7. The number of benzene rings is 1. The van der Waals surface area contributed by atoms with Crippen molar-refractivity contribution in [2.75, 3.05) is 13.6 Å². The van der Waals surface area contributed by atoms with E-state index >= 15 is 0 Å². The Morgan fingerprint density at radius 3 is 2.40 bits per heavy atom. The molecule has 1 aromatic carbocycles. The van der Waals surface area contributed by atoms with E-state index in [1.807, 2.05) is 12.4 Å². The Labute approximate surface area is 121 Å². The van der Waals surface area contributed by atoms with Gasteiger partial charge in [0.25, 0.3) is 0 Å². The monoisotopic (exact) mass is 269 g/mol. The van der Waals surface area contributed by atoms with Crippen molar-refractivity contribution in [3.05, 3.63) is 65.5 Å². The summed E-state index contributed by atoms with van der Waals surface area (Å²) in [5, 5.41) is 3.40. The van der Waals surface area contributed by atoms with E-state index in [4.69, 9.17) is 0 Å². The quantitative estimate of drug-likeness (QED) is 0.838. The summed E-state index contributed by atoms with van der Waals surface area (Å²) >= 11 is 0. The van der Waals surface area contributed by atoms with Crippen molar-refractivity contribution >= 4 is 0 Å². The normalized spacial score (nSPS) is 10.9. The Kier molecular flexibility index (Phi) is 5.71. The molecule has 0 saturated heterocycles. The number of pyridine rings is 1. The number of hydrogen-bond donors (Lipinski definition) is 1. The molecule has 0 atom stereocenters. The highest BCUT2D eigenvalue weighted by Gasteiger charge is 2.05. The highest BCUT2D eigenvalue weighted by Crippen LogP contribution is 2.12. The van der Waals surface area contributed by atoms with Crippen molar-refractivity contribution in [3.63, 3.8) is 0 Å². The van der Waals surface area contributed by atoms with Crippen LogP contribution in [0.4, 0.5) is 0 Å². The molecule has 3 nitrogen and oxygen atoms in total. The molecule has 1 N–H and O–H groups in total. The van der Waals surface area contributed by atoms with Crippen LogP contribution in [0.3, 0.4) is 0 Å². The Morgan fingerprint density at radius 2 is 1.70 bits per heavy atom. The lowest BCUT2D eigenvalue weighted by Crippen LogP contribution is -2.20. The molecule has 0 aliphatic rings. The van der Waals surface area contributed by atoms with Crippen LogP contribution >= 0.6 is 0 Å². The van der Waals surface area contributed by atoms with Crippen LogP contribution in [0.15, 0.2) is 48.8 Å². The fraction of sp³-hybridized carbons (Fsp3) is 0.353. The summed E-state index contributed by atoms with van der Waals surface area (Å²) in [7, 11) is 2.16. The van der Waals surface area contributed by atoms with Crippen molar-refractivity contribution in [1.82, 2.24) is 15.2 Å². The molecule has 0 aliphatic carbocycles. The molecule has 2 rings (SSSR count). The molecule has 0 radical (unpaired) electrons. The Morgan fingerprint density at radius 1 is 1.00 bits per heavy atom. The van der Waals surface area contributed by atoms with E-state index in [1.54, 1.807) is 0 Å². The second-order valence-electron chi connectivity index (χ2n) is 5.08. The minimum absolute atomic E-state index is 0.940. The molecule has 20 heavy (non-hydrogen) atoms. The van der Waals surface area contributed by atoms with Crippen LogP contribution in [0.2, 0.25) is 0 Å². The Hall–Kier alpha value is -1.71. The highest BCUT2D eigenvalue weighted by atomic mass is 15.1. The average Bonchev–Trinajstić information content (AvgIpc) is 2.47. The molecular weight excluding hydrogens is 246 g/mol. The van der Waals surface area contributed by atoms with Crippen LogP contribution < -0.4 is 5.32 Å². The maximum absolute atomic E-state index is 4.06. The minimum atomic E-state index is 0.940. The lowest BCUT2D eigenvalue weighted by molar-refractivity contribution is 0.317. The zero-order valence-electron chi connectivity index (χ0n) is 12.3. The van der Waals surface area contributed by atoms with Gasteiger partial charge in [0.05, 0.1) is 0 Å². The third kappa shape index (κ3) is 4.44. The van der Waals surface area contributed by atoms with Gasteiger partial charge in [0.15, 0.2) is 0 Å². The predicted octanol–water partition coefficient (Wildman–Crippen LogP) is 2.82. The van der Waals surface area contributed by atoms with Crippen LogP contribution in [-0.2, 0) is 19.6 Å². The summed E-state index contributed by atoms with van der Waals surface area (Å²) in [4.78, 5) is 6.39. The Bertz CT molecular complexity index is 511. The molecule has 0 spiro atoms. The summed E-state index contributed by atoms with van der Waals surface area (Å²) in [5.74, 6) is 0. The molecule has 2 aromatic rings. The number of aromatic nitrogens is 1. The van der Waals surface area contributed by atoms with Crippen LogP contribution in [0, 0.1) is 0 Å². The molecule has 3 heteroatoms. The molecule has 0 saturated carbocycles. The Balaban J connectivity index is 1.98. The molecule has 0 aliphatic heterocycles. The minimum Gasteiger partial charge on any atom is -0.313 e. The summed E-state index contributed by atoms with van der Waals surface area (Å²) in [6.07, 6.45) is 3.70. The van der Waals surface area contributed by atoms with Gasteiger partial charge in [-0.1, -0.05) is 31.2 Å². The number of hydrogen-bond acceptors (Lipinski definition) is 3. The van der Waals surface area contributed by atoms with Crippen LogP contribution in [0.1, 0.15) is 23.6 Å². The summed E-state index contributed by atoms with van der Waals surface area (Å²) in [5.41, 5.74) is 4.08. The summed E-state index contributed by atoms with van der Waals surface area (Å²) in [6.45, 7) is 5.98. The number of nitrogens with zero attached hydrogens (tertiary/aromatic N) is 2. The topological polar surface area (TPSA) is 28.2 Å². The summed E-state index contributed by atoms with van der Waals surface area (Å²) in [6, 6.07) is 12.8. The van der Waals surface area contributed by atoms with E-state index in [2.05, 4.69) is 65.6 Å². The van der Waals surface area contributed by atoms with Crippen LogP contribution in [0.5, 0.6) is 0 Å². The fourth-order valence-electron chi connectivity index (χ4n) is 2.29. The van der Waals surface area contributed by atoms with E-state index in [0.29, 0.717) is 0 Å². The van der Waals surface area contributed by atoms with E-state index in [1.165, 1.54) is 16.7 Å². The van der Waals surface area contributed by atoms with Crippen molar-refractivity contribution in [2.45, 2.75) is 26.6 Å². The van der Waals surface area contributed by atoms with Crippen molar-refractivity contribution < 1.29 is 0 Å². The smallest absolute Gasteiger partial charge is 0.0271 e. The third-order valence-electron chi connectivity index (χ3n) is 3.33. The van der Waals surface area contributed by atoms with Gasteiger partial charge < -0.3 is 5.32 Å². The van der Waals surface area contributed by atoms with Gasteiger partial charge in [-0.05, 0) is 42.4 Å². The van der Waals surface area contributed by atoms with Gasteiger partial charge in [0.2, 0.25) is 0 Å². The molecule has 0 unspecified atom stereocenters. The standard InChI is InChI=1S/C17H23N3/c1-3-18-12-16-6-4-5-7-17(16)14-20(2)13-15-8-10-19-11-9-15/h4-11,18H,3,12-14H2,1-2H3. The predicted molar refractivity (Wildman–Crippen MR) is 83.2 cm³/mol. The van der Waals surface area contributed by atoms with E-state index < -0.39 is 0 Å². The largest absolute Gasteiger partial charge is 0.313 e. The first-order valence-corrected chi connectivity index (χ1v) is 7.14. The maximum Gasteiger partial charge on any atom is 0.0271 e. The summed E-state index contributed by atoms with van der Waals surface area (Å²) < 4.78 is 0. The van der Waals surface area contributed by atoms with Gasteiger partial charge in [0.1, 0.15) is 0 Å². The van der Waals surface area contributed by atoms with Crippen molar-refractivity contribution in [2.24, 2.45) is 0 Å². The molecule has 0 fully saturated rings. The van der Waals surface area contributed by atoms with E-state index in [0.717, 1.165) is 26.2 Å². The first kappa shape index (κ1) is 14.7. The zero-order chi connectivity index (χ0) is 14.2. The van der Waals surface area contributed by atoms with Crippen LogP contribution in [-0.4, -0.2) is 23.5 Å². The lowest BCUT2D eigenvalue weighted by atomic mass is 10.1. The SMILES string of the molecule is CCNCc1ccccc1CN(C)Cc1ccncc1. The first-order chi connectivity index (χ1) is 9.79. The second-order valence-corrected chi connectivity index (χ2v) is 5.08. The van der Waals surface area contributed by atoms with Crippen molar-refractivity contribution in [3.8, 4) is 0 Å². The molecule has 106 valence electrons. The van der Waals surface area contributed by atoms with E-state index in [-0.39, 0.29) is 0 Å².